The molecule has 0 radical (unpaired) electrons. The molecule has 0 saturated heterocycles. The molecule has 1 aromatic rings. The van der Waals surface area contributed by atoms with Crippen LogP contribution < -0.4 is 4.74 Å². The second-order valence-corrected chi connectivity index (χ2v) is 2.57. The molecule has 88 valence electrons. The summed E-state index contributed by atoms with van der Waals surface area (Å²) in [7, 11) is 0. The molecular weight excluding hydrogens is 227 g/mol. The highest BCUT2D eigenvalue weighted by Crippen LogP contribution is 2.20. The largest absolute Gasteiger partial charge is 0.461 e. The van der Waals surface area contributed by atoms with Crippen LogP contribution in [0.4, 0.5) is 13.2 Å². The Balaban J connectivity index is 2.99. The van der Waals surface area contributed by atoms with Crippen molar-refractivity contribution in [3.8, 4) is 5.75 Å². The lowest BCUT2D eigenvalue weighted by molar-refractivity contribution is -0.0524. The average Bonchev–Trinajstić information content (AvgIpc) is 2.21. The highest BCUT2D eigenvalue weighted by atomic mass is 19.3. The minimum absolute atomic E-state index is 0.0277. The van der Waals surface area contributed by atoms with Gasteiger partial charge in [-0.3, -0.25) is 0 Å². The number of rotatable bonds is 4. The molecule has 0 atom stereocenters. The lowest BCUT2D eigenvalue weighted by atomic mass is 10.3. The third-order valence-corrected chi connectivity index (χ3v) is 1.54. The second-order valence-electron chi connectivity index (χ2n) is 2.57. The molecule has 0 spiro atoms. The van der Waals surface area contributed by atoms with Gasteiger partial charge >= 0.3 is 12.6 Å². The highest BCUT2D eigenvalue weighted by molar-refractivity contribution is 5.87. The fourth-order valence-corrected chi connectivity index (χ4v) is 0.955. The molecule has 0 saturated carbocycles. The van der Waals surface area contributed by atoms with Gasteiger partial charge < -0.3 is 9.47 Å². The number of hydrogen-bond acceptors (Lipinski definition) is 4. The first-order chi connectivity index (χ1) is 7.56. The molecule has 4 nitrogen and oxygen atoms in total. The Morgan fingerprint density at radius 1 is 1.56 bits per heavy atom. The van der Waals surface area contributed by atoms with Gasteiger partial charge in [0.25, 0.3) is 0 Å². The SMILES string of the molecule is CCOC(=O)c1nccc(OC(F)F)c1F. The molecule has 1 aromatic heterocycles. The van der Waals surface area contributed by atoms with E-state index >= 15 is 0 Å². The van der Waals surface area contributed by atoms with Crippen molar-refractivity contribution < 1.29 is 27.4 Å². The van der Waals surface area contributed by atoms with Crippen LogP contribution in [0, 0.1) is 5.82 Å². The van der Waals surface area contributed by atoms with E-state index in [9.17, 15) is 18.0 Å². The fraction of sp³-hybridized carbons (Fsp3) is 0.333. The number of ether oxygens (including phenoxy) is 2. The van der Waals surface area contributed by atoms with Crippen LogP contribution in [-0.4, -0.2) is 24.2 Å². The smallest absolute Gasteiger partial charge is 0.387 e. The molecule has 0 bridgehead atoms. The van der Waals surface area contributed by atoms with E-state index in [1.54, 1.807) is 0 Å². The van der Waals surface area contributed by atoms with Gasteiger partial charge in [0, 0.05) is 12.3 Å². The Morgan fingerprint density at radius 2 is 2.25 bits per heavy atom. The van der Waals surface area contributed by atoms with E-state index in [-0.39, 0.29) is 6.61 Å². The molecule has 0 aliphatic heterocycles. The lowest BCUT2D eigenvalue weighted by Gasteiger charge is -2.07. The van der Waals surface area contributed by atoms with Gasteiger partial charge in [0.2, 0.25) is 0 Å². The first-order valence-corrected chi connectivity index (χ1v) is 4.32. The Kier molecular flexibility index (Phi) is 4.10. The summed E-state index contributed by atoms with van der Waals surface area (Å²) in [5, 5.41) is 0. The first kappa shape index (κ1) is 12.3. The summed E-state index contributed by atoms with van der Waals surface area (Å²) in [5.41, 5.74) is -0.681. The number of esters is 1. The predicted octanol–water partition coefficient (Wildman–Crippen LogP) is 2.00. The van der Waals surface area contributed by atoms with Crippen LogP contribution in [0.15, 0.2) is 12.3 Å². The summed E-state index contributed by atoms with van der Waals surface area (Å²) >= 11 is 0. The van der Waals surface area contributed by atoms with Crippen molar-refractivity contribution in [1.82, 2.24) is 4.98 Å². The van der Waals surface area contributed by atoms with Crippen molar-refractivity contribution in [3.63, 3.8) is 0 Å². The lowest BCUT2D eigenvalue weighted by Crippen LogP contribution is -2.12. The zero-order valence-electron chi connectivity index (χ0n) is 8.25. The quantitative estimate of drug-likeness (QED) is 0.749. The molecule has 7 heteroatoms. The Morgan fingerprint density at radius 3 is 2.81 bits per heavy atom. The Bertz CT molecular complexity index is 384. The van der Waals surface area contributed by atoms with E-state index in [0.29, 0.717) is 0 Å². The minimum atomic E-state index is -3.17. The van der Waals surface area contributed by atoms with Gasteiger partial charge in [0.15, 0.2) is 17.3 Å². The summed E-state index contributed by atoms with van der Waals surface area (Å²) in [6.07, 6.45) is 0.979. The van der Waals surface area contributed by atoms with Crippen molar-refractivity contribution >= 4 is 5.97 Å². The van der Waals surface area contributed by atoms with Gasteiger partial charge in [-0.25, -0.2) is 14.2 Å². The maximum Gasteiger partial charge on any atom is 0.387 e. The molecule has 0 unspecified atom stereocenters. The second kappa shape index (κ2) is 5.34. The van der Waals surface area contributed by atoms with E-state index in [1.807, 2.05) is 0 Å². The topological polar surface area (TPSA) is 48.4 Å². The maximum absolute atomic E-state index is 13.4. The summed E-state index contributed by atoms with van der Waals surface area (Å²) in [6, 6.07) is 0.893. The molecule has 0 fully saturated rings. The summed E-state index contributed by atoms with van der Waals surface area (Å²) in [5.74, 6) is -3.03. The number of nitrogens with zero attached hydrogens (tertiary/aromatic N) is 1. The first-order valence-electron chi connectivity index (χ1n) is 4.32. The van der Waals surface area contributed by atoms with Crippen molar-refractivity contribution in [3.05, 3.63) is 23.8 Å². The molecule has 16 heavy (non-hydrogen) atoms. The maximum atomic E-state index is 13.4. The number of aromatic nitrogens is 1. The number of hydrogen-bond donors (Lipinski definition) is 0. The predicted molar refractivity (Wildman–Crippen MR) is 46.8 cm³/mol. The zero-order valence-corrected chi connectivity index (χ0v) is 8.25. The number of halogens is 3. The van der Waals surface area contributed by atoms with Crippen molar-refractivity contribution in [1.29, 1.82) is 0 Å². The van der Waals surface area contributed by atoms with Crippen LogP contribution in [-0.2, 0) is 4.74 Å². The highest BCUT2D eigenvalue weighted by Gasteiger charge is 2.20. The van der Waals surface area contributed by atoms with Gasteiger partial charge in [-0.2, -0.15) is 8.78 Å². The molecule has 0 N–H and O–H groups in total. The van der Waals surface area contributed by atoms with Crippen molar-refractivity contribution in [2.75, 3.05) is 6.61 Å². The van der Waals surface area contributed by atoms with Gasteiger partial charge in [0.1, 0.15) is 0 Å². The van der Waals surface area contributed by atoms with Crippen LogP contribution in [0.25, 0.3) is 0 Å². The van der Waals surface area contributed by atoms with Crippen molar-refractivity contribution in [2.24, 2.45) is 0 Å². The van der Waals surface area contributed by atoms with Gasteiger partial charge in [-0.05, 0) is 6.92 Å². The van der Waals surface area contributed by atoms with Gasteiger partial charge in [-0.1, -0.05) is 0 Å². The van der Waals surface area contributed by atoms with Gasteiger partial charge in [-0.15, -0.1) is 0 Å². The summed E-state index contributed by atoms with van der Waals surface area (Å²) in [4.78, 5) is 14.5. The van der Waals surface area contributed by atoms with Crippen LogP contribution in [0.5, 0.6) is 5.75 Å². The Labute approximate surface area is 89.0 Å². The van der Waals surface area contributed by atoms with Crippen LogP contribution in [0.2, 0.25) is 0 Å². The zero-order chi connectivity index (χ0) is 12.1. The summed E-state index contributed by atoms with van der Waals surface area (Å²) < 4.78 is 45.4. The molecular formula is C9H8F3NO3. The molecule has 1 rings (SSSR count). The molecule has 0 aromatic carbocycles. The van der Waals surface area contributed by atoms with Crippen LogP contribution in [0.3, 0.4) is 0 Å². The third-order valence-electron chi connectivity index (χ3n) is 1.54. The van der Waals surface area contributed by atoms with Crippen LogP contribution >= 0.6 is 0 Å². The number of alkyl halides is 2. The van der Waals surface area contributed by atoms with E-state index in [0.717, 1.165) is 12.3 Å². The normalized spacial score (nSPS) is 10.3. The minimum Gasteiger partial charge on any atom is -0.461 e. The Hall–Kier alpha value is -1.79. The van der Waals surface area contributed by atoms with E-state index in [4.69, 9.17) is 0 Å². The standard InChI is InChI=1S/C9H8F3NO3/c1-2-15-8(14)7-6(10)5(3-4-13-7)16-9(11)12/h3-4,9H,2H2,1H3. The third kappa shape index (κ3) is 2.85. The van der Waals surface area contributed by atoms with E-state index < -0.39 is 29.8 Å². The van der Waals surface area contributed by atoms with Crippen molar-refractivity contribution in [2.45, 2.75) is 13.5 Å². The average molecular weight is 235 g/mol. The number of pyridine rings is 1. The molecule has 0 amide bonds. The molecule has 0 aliphatic rings. The molecule has 1 heterocycles. The van der Waals surface area contributed by atoms with E-state index in [2.05, 4.69) is 14.5 Å². The van der Waals surface area contributed by atoms with E-state index in [1.165, 1.54) is 6.92 Å². The summed E-state index contributed by atoms with van der Waals surface area (Å²) in [6.45, 7) is -1.62. The van der Waals surface area contributed by atoms with Gasteiger partial charge in [0.05, 0.1) is 6.61 Å². The monoisotopic (exact) mass is 235 g/mol. The molecule has 0 aliphatic carbocycles. The fourth-order valence-electron chi connectivity index (χ4n) is 0.955. The van der Waals surface area contributed by atoms with Crippen LogP contribution in [0.1, 0.15) is 17.4 Å². The number of carbonyl (C=O) groups excluding carboxylic acids is 1. The number of carbonyl (C=O) groups is 1.